The van der Waals surface area contributed by atoms with E-state index in [2.05, 4.69) is 16.9 Å². The highest BCUT2D eigenvalue weighted by Gasteiger charge is 2.10. The molecular weight excluding hydrogens is 214 g/mol. The first kappa shape index (κ1) is 11.3. The lowest BCUT2D eigenvalue weighted by molar-refractivity contribution is 0.806. The van der Waals surface area contributed by atoms with Crippen LogP contribution < -0.4 is 5.73 Å². The molecule has 5 heteroatoms. The standard InChI is InChI=1S/C12H15N5/c1-2-3-11-16-6-7-17(11)10-8-15-5-4-9(10)12(13)14/h4-8H,2-3H2,1H3,(H3,13,14). The molecule has 0 spiro atoms. The minimum absolute atomic E-state index is 0.0403. The molecule has 0 fully saturated rings. The van der Waals surface area contributed by atoms with Crippen molar-refractivity contribution in [1.29, 1.82) is 5.41 Å². The summed E-state index contributed by atoms with van der Waals surface area (Å²) in [5, 5.41) is 7.57. The van der Waals surface area contributed by atoms with Crippen LogP contribution in [0.2, 0.25) is 0 Å². The minimum atomic E-state index is 0.0403. The summed E-state index contributed by atoms with van der Waals surface area (Å²) in [6.07, 6.45) is 8.87. The van der Waals surface area contributed by atoms with Crippen LogP contribution in [0.15, 0.2) is 30.9 Å². The zero-order valence-electron chi connectivity index (χ0n) is 9.72. The van der Waals surface area contributed by atoms with E-state index in [4.69, 9.17) is 11.1 Å². The van der Waals surface area contributed by atoms with E-state index in [0.717, 1.165) is 24.4 Å². The highest BCUT2D eigenvalue weighted by atomic mass is 15.1. The second-order valence-corrected chi connectivity index (χ2v) is 3.77. The predicted octanol–water partition coefficient (Wildman–Crippen LogP) is 1.50. The molecule has 5 nitrogen and oxygen atoms in total. The van der Waals surface area contributed by atoms with Gasteiger partial charge in [0.1, 0.15) is 11.7 Å². The number of nitrogen functional groups attached to an aromatic ring is 1. The molecule has 0 amide bonds. The number of nitrogens with two attached hydrogens (primary N) is 1. The molecule has 0 aromatic carbocycles. The third kappa shape index (κ3) is 2.18. The summed E-state index contributed by atoms with van der Waals surface area (Å²) in [5.41, 5.74) is 7.05. The van der Waals surface area contributed by atoms with Crippen LogP contribution in [-0.4, -0.2) is 20.4 Å². The van der Waals surface area contributed by atoms with Crippen molar-refractivity contribution in [2.75, 3.05) is 0 Å². The van der Waals surface area contributed by atoms with Crippen LogP contribution in [-0.2, 0) is 6.42 Å². The predicted molar refractivity (Wildman–Crippen MR) is 66.4 cm³/mol. The van der Waals surface area contributed by atoms with Crippen LogP contribution in [0.25, 0.3) is 5.69 Å². The Morgan fingerprint density at radius 3 is 3.00 bits per heavy atom. The Hall–Kier alpha value is -2.17. The lowest BCUT2D eigenvalue weighted by atomic mass is 10.2. The van der Waals surface area contributed by atoms with E-state index < -0.39 is 0 Å². The summed E-state index contributed by atoms with van der Waals surface area (Å²) < 4.78 is 1.94. The summed E-state index contributed by atoms with van der Waals surface area (Å²) in [5.74, 6) is 1.00. The molecule has 0 aliphatic heterocycles. The summed E-state index contributed by atoms with van der Waals surface area (Å²) >= 11 is 0. The van der Waals surface area contributed by atoms with Crippen LogP contribution in [0.1, 0.15) is 24.7 Å². The average molecular weight is 229 g/mol. The van der Waals surface area contributed by atoms with Crippen molar-refractivity contribution >= 4 is 5.84 Å². The summed E-state index contributed by atoms with van der Waals surface area (Å²) in [6, 6.07) is 1.74. The highest BCUT2D eigenvalue weighted by Crippen LogP contribution is 2.15. The van der Waals surface area contributed by atoms with Crippen molar-refractivity contribution in [1.82, 2.24) is 14.5 Å². The Bertz CT molecular complexity index is 529. The first-order valence-corrected chi connectivity index (χ1v) is 5.55. The van der Waals surface area contributed by atoms with Gasteiger partial charge in [0.2, 0.25) is 0 Å². The summed E-state index contributed by atoms with van der Waals surface area (Å²) in [7, 11) is 0. The SMILES string of the molecule is CCCc1nccn1-c1cnccc1C(=N)N. The molecule has 0 bridgehead atoms. The fourth-order valence-corrected chi connectivity index (χ4v) is 1.77. The Kier molecular flexibility index (Phi) is 3.18. The maximum Gasteiger partial charge on any atom is 0.125 e. The van der Waals surface area contributed by atoms with E-state index in [1.807, 2.05) is 10.8 Å². The number of aromatic nitrogens is 3. The number of hydrogen-bond acceptors (Lipinski definition) is 3. The van der Waals surface area contributed by atoms with Gasteiger partial charge >= 0.3 is 0 Å². The number of nitrogens with zero attached hydrogens (tertiary/aromatic N) is 3. The van der Waals surface area contributed by atoms with Crippen LogP contribution in [0, 0.1) is 5.41 Å². The molecule has 17 heavy (non-hydrogen) atoms. The highest BCUT2D eigenvalue weighted by molar-refractivity contribution is 5.98. The maximum atomic E-state index is 7.57. The van der Waals surface area contributed by atoms with Crippen molar-refractivity contribution in [3.05, 3.63) is 42.2 Å². The Morgan fingerprint density at radius 2 is 2.29 bits per heavy atom. The van der Waals surface area contributed by atoms with Crippen molar-refractivity contribution < 1.29 is 0 Å². The van der Waals surface area contributed by atoms with E-state index in [9.17, 15) is 0 Å². The molecule has 0 aliphatic carbocycles. The first-order valence-electron chi connectivity index (χ1n) is 5.55. The van der Waals surface area contributed by atoms with Gasteiger partial charge in [-0.1, -0.05) is 6.92 Å². The Balaban J connectivity index is 2.52. The fourth-order valence-electron chi connectivity index (χ4n) is 1.77. The van der Waals surface area contributed by atoms with Crippen LogP contribution in [0.5, 0.6) is 0 Å². The van der Waals surface area contributed by atoms with Gasteiger partial charge in [-0.3, -0.25) is 10.4 Å². The molecule has 2 aromatic heterocycles. The largest absolute Gasteiger partial charge is 0.384 e. The lowest BCUT2D eigenvalue weighted by Crippen LogP contribution is -2.15. The second-order valence-electron chi connectivity index (χ2n) is 3.77. The van der Waals surface area contributed by atoms with Gasteiger partial charge in [0.25, 0.3) is 0 Å². The van der Waals surface area contributed by atoms with Crippen molar-refractivity contribution in [3.8, 4) is 5.69 Å². The number of rotatable bonds is 4. The number of imidazole rings is 1. The lowest BCUT2D eigenvalue weighted by Gasteiger charge is -2.10. The number of aryl methyl sites for hydroxylation is 1. The average Bonchev–Trinajstić information content (AvgIpc) is 2.77. The Morgan fingerprint density at radius 1 is 1.47 bits per heavy atom. The molecular formula is C12H15N5. The van der Waals surface area contributed by atoms with E-state index >= 15 is 0 Å². The van der Waals surface area contributed by atoms with E-state index in [0.29, 0.717) is 5.56 Å². The monoisotopic (exact) mass is 229 g/mol. The molecule has 2 rings (SSSR count). The third-order valence-electron chi connectivity index (χ3n) is 2.54. The number of amidine groups is 1. The van der Waals surface area contributed by atoms with Gasteiger partial charge in [0.15, 0.2) is 0 Å². The number of hydrogen-bond donors (Lipinski definition) is 2. The van der Waals surface area contributed by atoms with Gasteiger partial charge in [0, 0.05) is 30.6 Å². The van der Waals surface area contributed by atoms with Crippen molar-refractivity contribution in [2.24, 2.45) is 5.73 Å². The molecule has 3 N–H and O–H groups in total. The molecule has 2 heterocycles. The Labute approximate surface area is 99.8 Å². The topological polar surface area (TPSA) is 80.6 Å². The second kappa shape index (κ2) is 4.78. The number of pyridine rings is 1. The van der Waals surface area contributed by atoms with E-state index in [1.165, 1.54) is 0 Å². The van der Waals surface area contributed by atoms with Crippen LogP contribution in [0.3, 0.4) is 0 Å². The smallest absolute Gasteiger partial charge is 0.125 e. The van der Waals surface area contributed by atoms with Crippen molar-refractivity contribution in [2.45, 2.75) is 19.8 Å². The van der Waals surface area contributed by atoms with Crippen LogP contribution >= 0.6 is 0 Å². The molecule has 0 atom stereocenters. The summed E-state index contributed by atoms with van der Waals surface area (Å²) in [4.78, 5) is 8.39. The van der Waals surface area contributed by atoms with Crippen LogP contribution in [0.4, 0.5) is 0 Å². The minimum Gasteiger partial charge on any atom is -0.384 e. The van der Waals surface area contributed by atoms with E-state index in [-0.39, 0.29) is 5.84 Å². The molecule has 0 radical (unpaired) electrons. The molecule has 88 valence electrons. The first-order chi connectivity index (χ1) is 8.24. The molecule has 0 aliphatic rings. The molecule has 2 aromatic rings. The van der Waals surface area contributed by atoms with Gasteiger partial charge in [-0.15, -0.1) is 0 Å². The summed E-state index contributed by atoms with van der Waals surface area (Å²) in [6.45, 7) is 2.11. The van der Waals surface area contributed by atoms with Crippen molar-refractivity contribution in [3.63, 3.8) is 0 Å². The van der Waals surface area contributed by atoms with Gasteiger partial charge in [-0.2, -0.15) is 0 Å². The molecule has 0 unspecified atom stereocenters. The normalized spacial score (nSPS) is 10.4. The van der Waals surface area contributed by atoms with Gasteiger partial charge in [0.05, 0.1) is 11.9 Å². The molecule has 0 saturated carbocycles. The van der Waals surface area contributed by atoms with E-state index in [1.54, 1.807) is 24.7 Å². The van der Waals surface area contributed by atoms with Gasteiger partial charge < -0.3 is 10.3 Å². The zero-order valence-corrected chi connectivity index (χ0v) is 9.72. The third-order valence-corrected chi connectivity index (χ3v) is 2.54. The zero-order chi connectivity index (χ0) is 12.3. The number of nitrogens with one attached hydrogen (secondary N) is 1. The van der Waals surface area contributed by atoms with Gasteiger partial charge in [-0.05, 0) is 12.5 Å². The quantitative estimate of drug-likeness (QED) is 0.616. The fraction of sp³-hybridized carbons (Fsp3) is 0.250. The molecule has 0 saturated heterocycles. The maximum absolute atomic E-state index is 7.57. The van der Waals surface area contributed by atoms with Gasteiger partial charge in [-0.25, -0.2) is 4.98 Å².